The van der Waals surface area contributed by atoms with Crippen molar-refractivity contribution in [1.29, 1.82) is 0 Å². The number of β-amino-alcohol motifs (C(OH)–C–C–N with tert-alkyl or cyclic N) is 1. The fraction of sp³-hybridized carbons (Fsp3) is 0.333. The molecule has 4 rings (SSSR count). The normalized spacial score (nSPS) is 19.1. The van der Waals surface area contributed by atoms with E-state index in [9.17, 15) is 9.90 Å². The Morgan fingerprint density at radius 2 is 1.90 bits per heavy atom. The fourth-order valence-electron chi connectivity index (χ4n) is 3.94. The molecule has 0 bridgehead atoms. The van der Waals surface area contributed by atoms with Gasteiger partial charge in [-0.15, -0.1) is 0 Å². The minimum Gasteiger partial charge on any atom is -0.392 e. The van der Waals surface area contributed by atoms with Crippen molar-refractivity contribution in [3.63, 3.8) is 0 Å². The molecule has 30 heavy (non-hydrogen) atoms. The number of likely N-dealkylation sites (tertiary alicyclic amines) is 1. The van der Waals surface area contributed by atoms with E-state index < -0.39 is 6.10 Å². The van der Waals surface area contributed by atoms with E-state index in [4.69, 9.17) is 4.52 Å². The highest BCUT2D eigenvalue weighted by Crippen LogP contribution is 2.21. The van der Waals surface area contributed by atoms with Gasteiger partial charge in [0, 0.05) is 32.1 Å². The summed E-state index contributed by atoms with van der Waals surface area (Å²) in [4.78, 5) is 14.8. The number of aliphatic hydroxyl groups is 1. The van der Waals surface area contributed by atoms with Gasteiger partial charge < -0.3 is 14.9 Å². The monoisotopic (exact) mass is 405 g/mol. The summed E-state index contributed by atoms with van der Waals surface area (Å²) in [6, 6.07) is 20.0. The number of benzene rings is 2. The largest absolute Gasteiger partial charge is 0.392 e. The van der Waals surface area contributed by atoms with Gasteiger partial charge in [-0.25, -0.2) is 0 Å². The van der Waals surface area contributed by atoms with Crippen LogP contribution in [-0.4, -0.2) is 46.3 Å². The molecule has 3 aromatic rings. The van der Waals surface area contributed by atoms with Crippen LogP contribution in [0, 0.1) is 6.92 Å². The van der Waals surface area contributed by atoms with Crippen molar-refractivity contribution in [2.45, 2.75) is 38.5 Å². The number of hydrogen-bond acceptors (Lipinski definition) is 5. The van der Waals surface area contributed by atoms with E-state index in [0.29, 0.717) is 32.5 Å². The number of aryl methyl sites for hydroxylation is 1. The van der Waals surface area contributed by atoms with Gasteiger partial charge >= 0.3 is 0 Å². The molecule has 1 aromatic heterocycles. The van der Waals surface area contributed by atoms with Gasteiger partial charge in [-0.1, -0.05) is 59.8 Å². The Kier molecular flexibility index (Phi) is 6.26. The summed E-state index contributed by atoms with van der Waals surface area (Å²) < 4.78 is 5.25. The Balaban J connectivity index is 1.32. The SMILES string of the molecule is Cc1cc(CCN2C[C@H](O)C[C@H]2C(=O)NCc2ccc(-c3ccccc3)cc2)on1. The third-order valence-electron chi connectivity index (χ3n) is 5.53. The van der Waals surface area contributed by atoms with Gasteiger partial charge in [0.2, 0.25) is 5.91 Å². The van der Waals surface area contributed by atoms with Crippen molar-refractivity contribution >= 4 is 5.91 Å². The van der Waals surface area contributed by atoms with Gasteiger partial charge in [0.1, 0.15) is 5.76 Å². The zero-order valence-corrected chi connectivity index (χ0v) is 17.1. The summed E-state index contributed by atoms with van der Waals surface area (Å²) in [5.41, 5.74) is 4.22. The second kappa shape index (κ2) is 9.24. The van der Waals surface area contributed by atoms with E-state index in [1.165, 1.54) is 5.56 Å². The number of nitrogens with zero attached hydrogens (tertiary/aromatic N) is 2. The lowest BCUT2D eigenvalue weighted by Gasteiger charge is -2.22. The van der Waals surface area contributed by atoms with Crippen molar-refractivity contribution in [3.05, 3.63) is 77.7 Å². The van der Waals surface area contributed by atoms with Crippen LogP contribution in [0.2, 0.25) is 0 Å². The molecule has 0 unspecified atom stereocenters. The van der Waals surface area contributed by atoms with Crippen LogP contribution in [0.5, 0.6) is 0 Å². The molecule has 6 heteroatoms. The van der Waals surface area contributed by atoms with Gasteiger partial charge in [-0.3, -0.25) is 9.69 Å². The molecule has 2 atom stereocenters. The standard InChI is InChI=1S/C24H27N3O3/c1-17-13-22(30-26-17)11-12-27-16-21(28)14-23(27)24(29)25-15-18-7-9-20(10-8-18)19-5-3-2-4-6-19/h2-10,13,21,23,28H,11-12,14-16H2,1H3,(H,25,29)/t21-,23+/m1/s1. The fourth-order valence-corrected chi connectivity index (χ4v) is 3.94. The number of aromatic nitrogens is 1. The lowest BCUT2D eigenvalue weighted by molar-refractivity contribution is -0.125. The van der Waals surface area contributed by atoms with E-state index >= 15 is 0 Å². The molecule has 0 spiro atoms. The molecular weight excluding hydrogens is 378 g/mol. The van der Waals surface area contributed by atoms with Crippen LogP contribution in [0.4, 0.5) is 0 Å². The second-order valence-corrected chi connectivity index (χ2v) is 7.87. The maximum absolute atomic E-state index is 12.8. The minimum atomic E-state index is -0.484. The molecule has 1 amide bonds. The zero-order chi connectivity index (χ0) is 20.9. The van der Waals surface area contributed by atoms with Crippen molar-refractivity contribution in [3.8, 4) is 11.1 Å². The highest BCUT2D eigenvalue weighted by Gasteiger charge is 2.35. The van der Waals surface area contributed by atoms with E-state index in [1.807, 2.05) is 48.2 Å². The Hall–Kier alpha value is -2.96. The average molecular weight is 405 g/mol. The second-order valence-electron chi connectivity index (χ2n) is 7.87. The Morgan fingerprint density at radius 3 is 2.60 bits per heavy atom. The molecule has 1 aliphatic rings. The summed E-state index contributed by atoms with van der Waals surface area (Å²) in [5.74, 6) is 0.749. The molecule has 156 valence electrons. The summed E-state index contributed by atoms with van der Waals surface area (Å²) in [6.45, 7) is 3.50. The minimum absolute atomic E-state index is 0.0487. The first kappa shape index (κ1) is 20.3. The smallest absolute Gasteiger partial charge is 0.237 e. The van der Waals surface area contributed by atoms with Crippen LogP contribution in [0.1, 0.15) is 23.4 Å². The topological polar surface area (TPSA) is 78.6 Å². The van der Waals surface area contributed by atoms with E-state index in [-0.39, 0.29) is 11.9 Å². The number of hydrogen-bond donors (Lipinski definition) is 2. The number of nitrogens with one attached hydrogen (secondary N) is 1. The number of carbonyl (C=O) groups excluding carboxylic acids is 1. The van der Waals surface area contributed by atoms with Crippen LogP contribution < -0.4 is 5.32 Å². The lowest BCUT2D eigenvalue weighted by Crippen LogP contribution is -2.43. The van der Waals surface area contributed by atoms with Crippen molar-refractivity contribution in [2.24, 2.45) is 0 Å². The number of rotatable bonds is 7. The maximum atomic E-state index is 12.8. The third kappa shape index (κ3) is 4.96. The van der Waals surface area contributed by atoms with Crippen LogP contribution in [0.15, 0.2) is 65.2 Å². The van der Waals surface area contributed by atoms with Gasteiger partial charge in [0.05, 0.1) is 17.8 Å². The van der Waals surface area contributed by atoms with Crippen LogP contribution in [-0.2, 0) is 17.8 Å². The molecule has 1 saturated heterocycles. The van der Waals surface area contributed by atoms with Gasteiger partial charge in [0.15, 0.2) is 0 Å². The highest BCUT2D eigenvalue weighted by molar-refractivity contribution is 5.82. The number of amides is 1. The van der Waals surface area contributed by atoms with Gasteiger partial charge in [0.25, 0.3) is 0 Å². The average Bonchev–Trinajstić information content (AvgIpc) is 3.36. The van der Waals surface area contributed by atoms with Crippen LogP contribution in [0.25, 0.3) is 11.1 Å². The van der Waals surface area contributed by atoms with Gasteiger partial charge in [-0.05, 0) is 30.0 Å². The molecule has 2 heterocycles. The summed E-state index contributed by atoms with van der Waals surface area (Å²) in [6.07, 6.45) is 0.634. The van der Waals surface area contributed by atoms with Crippen LogP contribution >= 0.6 is 0 Å². The quantitative estimate of drug-likeness (QED) is 0.632. The maximum Gasteiger partial charge on any atom is 0.237 e. The van der Waals surface area contributed by atoms with Gasteiger partial charge in [-0.2, -0.15) is 0 Å². The summed E-state index contributed by atoms with van der Waals surface area (Å²) >= 11 is 0. The third-order valence-corrected chi connectivity index (χ3v) is 5.53. The molecule has 1 aliphatic heterocycles. The number of aliphatic hydroxyl groups excluding tert-OH is 1. The van der Waals surface area contributed by atoms with Crippen molar-refractivity contribution < 1.29 is 14.4 Å². The van der Waals surface area contributed by atoms with Crippen LogP contribution in [0.3, 0.4) is 0 Å². The van der Waals surface area contributed by atoms with Crippen molar-refractivity contribution in [2.75, 3.05) is 13.1 Å². The zero-order valence-electron chi connectivity index (χ0n) is 17.1. The predicted molar refractivity (Wildman–Crippen MR) is 115 cm³/mol. The van der Waals surface area contributed by atoms with E-state index in [0.717, 1.165) is 22.6 Å². The summed E-state index contributed by atoms with van der Waals surface area (Å²) in [7, 11) is 0. The molecule has 0 radical (unpaired) electrons. The Labute approximate surface area is 176 Å². The molecule has 0 saturated carbocycles. The van der Waals surface area contributed by atoms with E-state index in [1.54, 1.807) is 0 Å². The Bertz CT molecular complexity index is 969. The first-order chi connectivity index (χ1) is 14.6. The molecule has 6 nitrogen and oxygen atoms in total. The first-order valence-electron chi connectivity index (χ1n) is 10.3. The molecule has 1 fully saturated rings. The molecular formula is C24H27N3O3. The first-order valence-corrected chi connectivity index (χ1v) is 10.3. The van der Waals surface area contributed by atoms with Crippen molar-refractivity contribution in [1.82, 2.24) is 15.4 Å². The molecule has 0 aliphatic carbocycles. The predicted octanol–water partition coefficient (Wildman–Crippen LogP) is 2.94. The lowest BCUT2D eigenvalue weighted by atomic mass is 10.0. The highest BCUT2D eigenvalue weighted by atomic mass is 16.5. The van der Waals surface area contributed by atoms with E-state index in [2.05, 4.69) is 34.7 Å². The molecule has 2 N–H and O–H groups in total. The molecule has 2 aromatic carbocycles. The summed E-state index contributed by atoms with van der Waals surface area (Å²) in [5, 5.41) is 17.0. The Morgan fingerprint density at radius 1 is 1.17 bits per heavy atom. The number of carbonyl (C=O) groups is 1.